The van der Waals surface area contributed by atoms with E-state index in [0.29, 0.717) is 0 Å². The summed E-state index contributed by atoms with van der Waals surface area (Å²) in [4.78, 5) is 1.64. The predicted molar refractivity (Wildman–Crippen MR) is 96.3 cm³/mol. The molecule has 2 aromatic rings. The molecule has 1 aromatic heterocycles. The van der Waals surface area contributed by atoms with Crippen molar-refractivity contribution in [2.75, 3.05) is 0 Å². The molecule has 0 N–H and O–H groups in total. The van der Waals surface area contributed by atoms with Gasteiger partial charge in [0.15, 0.2) is 0 Å². The summed E-state index contributed by atoms with van der Waals surface area (Å²) in [5.74, 6) is 0.746. The summed E-state index contributed by atoms with van der Waals surface area (Å²) in [6.45, 7) is 6.70. The zero-order valence-electron chi connectivity index (χ0n) is 13.3. The van der Waals surface area contributed by atoms with E-state index in [1.807, 2.05) is 11.3 Å². The normalized spacial score (nSPS) is 19.4. The minimum absolute atomic E-state index is 0.746. The van der Waals surface area contributed by atoms with Crippen LogP contribution in [0.5, 0.6) is 0 Å². The van der Waals surface area contributed by atoms with Crippen molar-refractivity contribution in [3.63, 3.8) is 0 Å². The van der Waals surface area contributed by atoms with Crippen LogP contribution in [-0.2, 0) is 6.42 Å². The lowest BCUT2D eigenvalue weighted by molar-refractivity contribution is 0.604. The van der Waals surface area contributed by atoms with E-state index < -0.39 is 0 Å². The number of benzene rings is 1. The average molecular weight is 296 g/mol. The fraction of sp³-hybridized carbons (Fsp3) is 0.400. The molecule has 1 heteroatoms. The molecule has 3 rings (SSSR count). The maximum atomic E-state index is 2.41. The number of rotatable bonds is 3. The number of fused-ring (bicyclic) bond motifs is 3. The van der Waals surface area contributed by atoms with Crippen molar-refractivity contribution < 1.29 is 0 Å². The van der Waals surface area contributed by atoms with Gasteiger partial charge in [-0.05, 0) is 72.7 Å². The van der Waals surface area contributed by atoms with Crippen molar-refractivity contribution in [2.24, 2.45) is 0 Å². The van der Waals surface area contributed by atoms with Gasteiger partial charge in [-0.1, -0.05) is 38.1 Å². The molecule has 1 atom stereocenters. The Hall–Kier alpha value is -1.34. The summed E-state index contributed by atoms with van der Waals surface area (Å²) in [7, 11) is 0. The van der Waals surface area contributed by atoms with Crippen LogP contribution in [0.2, 0.25) is 0 Å². The van der Waals surface area contributed by atoms with Crippen molar-refractivity contribution in [3.05, 3.63) is 52.4 Å². The molecule has 0 aliphatic heterocycles. The monoisotopic (exact) mass is 296 g/mol. The molecule has 110 valence electrons. The van der Waals surface area contributed by atoms with Gasteiger partial charge in [-0.2, -0.15) is 0 Å². The highest BCUT2D eigenvalue weighted by Crippen LogP contribution is 2.42. The summed E-state index contributed by atoms with van der Waals surface area (Å²) in [5, 5.41) is 1.50. The maximum absolute atomic E-state index is 2.41. The molecular formula is C20H24S. The molecule has 1 aliphatic rings. The average Bonchev–Trinajstić information content (AvgIpc) is 2.88. The summed E-state index contributed by atoms with van der Waals surface area (Å²) in [5.41, 5.74) is 4.32. The van der Waals surface area contributed by atoms with Crippen molar-refractivity contribution in [1.29, 1.82) is 0 Å². The van der Waals surface area contributed by atoms with Crippen LogP contribution in [0.4, 0.5) is 0 Å². The van der Waals surface area contributed by atoms with Crippen LogP contribution < -0.4 is 0 Å². The largest absolute Gasteiger partial charge is 0.140 e. The lowest BCUT2D eigenvalue weighted by atomic mass is 9.88. The summed E-state index contributed by atoms with van der Waals surface area (Å²) < 4.78 is 1.47. The van der Waals surface area contributed by atoms with Crippen LogP contribution >= 0.6 is 11.3 Å². The third kappa shape index (κ3) is 2.72. The van der Waals surface area contributed by atoms with Gasteiger partial charge in [0.25, 0.3) is 0 Å². The van der Waals surface area contributed by atoms with Gasteiger partial charge in [-0.15, -0.1) is 11.3 Å². The Morgan fingerprint density at radius 2 is 2.24 bits per heavy atom. The van der Waals surface area contributed by atoms with Gasteiger partial charge < -0.3 is 0 Å². The van der Waals surface area contributed by atoms with E-state index in [0.717, 1.165) is 12.3 Å². The van der Waals surface area contributed by atoms with E-state index in [9.17, 15) is 0 Å². The Morgan fingerprint density at radius 1 is 1.38 bits per heavy atom. The van der Waals surface area contributed by atoms with Gasteiger partial charge in [0, 0.05) is 9.58 Å². The molecule has 0 saturated heterocycles. The number of aryl methyl sites for hydroxylation is 1. The van der Waals surface area contributed by atoms with Crippen molar-refractivity contribution in [3.8, 4) is 0 Å². The molecule has 0 nitrogen and oxygen atoms in total. The Bertz CT molecular complexity index is 700. The van der Waals surface area contributed by atoms with Crippen LogP contribution in [0.25, 0.3) is 15.7 Å². The highest BCUT2D eigenvalue weighted by molar-refractivity contribution is 7.19. The van der Waals surface area contributed by atoms with Gasteiger partial charge in [0.05, 0.1) is 0 Å². The molecule has 1 aliphatic carbocycles. The van der Waals surface area contributed by atoms with Gasteiger partial charge in [0.1, 0.15) is 0 Å². The van der Waals surface area contributed by atoms with E-state index in [4.69, 9.17) is 0 Å². The molecule has 0 saturated carbocycles. The Labute approximate surface area is 132 Å². The van der Waals surface area contributed by atoms with E-state index >= 15 is 0 Å². The summed E-state index contributed by atoms with van der Waals surface area (Å²) in [6.07, 6.45) is 11.8. The first kappa shape index (κ1) is 14.6. The van der Waals surface area contributed by atoms with Crippen LogP contribution in [0, 0.1) is 0 Å². The highest BCUT2D eigenvalue weighted by atomic mass is 32.1. The van der Waals surface area contributed by atoms with Crippen LogP contribution in [0.1, 0.15) is 62.0 Å². The first-order chi connectivity index (χ1) is 10.2. The molecule has 0 bridgehead atoms. The van der Waals surface area contributed by atoms with Crippen molar-refractivity contribution in [1.82, 2.24) is 0 Å². The lowest BCUT2D eigenvalue weighted by Gasteiger charge is -2.18. The zero-order chi connectivity index (χ0) is 14.8. The summed E-state index contributed by atoms with van der Waals surface area (Å²) >= 11 is 2.02. The number of hydrogen-bond acceptors (Lipinski definition) is 1. The Morgan fingerprint density at radius 3 is 3.00 bits per heavy atom. The third-order valence-electron chi connectivity index (χ3n) is 4.51. The van der Waals surface area contributed by atoms with Crippen LogP contribution in [0.3, 0.4) is 0 Å². The topological polar surface area (TPSA) is 0 Å². The van der Waals surface area contributed by atoms with Crippen LogP contribution in [-0.4, -0.2) is 0 Å². The Kier molecular flexibility index (Phi) is 4.30. The van der Waals surface area contributed by atoms with E-state index in [-0.39, 0.29) is 0 Å². The number of thiophene rings is 1. The van der Waals surface area contributed by atoms with Crippen LogP contribution in [0.15, 0.2) is 36.4 Å². The highest BCUT2D eigenvalue weighted by Gasteiger charge is 2.21. The second-order valence-electron chi connectivity index (χ2n) is 6.00. The molecule has 1 aromatic carbocycles. The first-order valence-electron chi connectivity index (χ1n) is 8.13. The summed E-state index contributed by atoms with van der Waals surface area (Å²) in [6, 6.07) is 7.02. The molecule has 1 heterocycles. The fourth-order valence-electron chi connectivity index (χ4n) is 3.32. The zero-order valence-corrected chi connectivity index (χ0v) is 14.1. The molecule has 0 radical (unpaired) electrons. The quantitative estimate of drug-likeness (QED) is 0.552. The lowest BCUT2D eigenvalue weighted by Crippen LogP contribution is -2.03. The predicted octanol–water partition coefficient (Wildman–Crippen LogP) is 6.71. The first-order valence-corrected chi connectivity index (χ1v) is 8.94. The van der Waals surface area contributed by atoms with Crippen molar-refractivity contribution in [2.45, 2.75) is 52.4 Å². The van der Waals surface area contributed by atoms with E-state index in [1.54, 1.807) is 10.4 Å². The van der Waals surface area contributed by atoms with Gasteiger partial charge in [0.2, 0.25) is 0 Å². The standard InChI is InChI=1S/C20H24S/c1-4-6-9-15(5-2)16-11-12-19-18(13-16)17-10-7-8-14(3)20(17)21-19/h5-6,9,11-14H,4,7-8,10H2,1-3H3/b9-6-,15-5+. The molecule has 1 unspecified atom stereocenters. The molecule has 0 fully saturated rings. The molecule has 0 spiro atoms. The van der Waals surface area contributed by atoms with E-state index in [2.05, 4.69) is 57.2 Å². The number of allylic oxidation sites excluding steroid dienone is 4. The SMILES string of the molecule is C/C=C(\C=C/CC)c1ccc2sc3c(c2c1)CCCC3C. The minimum atomic E-state index is 0.746. The molecule has 0 amide bonds. The second-order valence-corrected chi connectivity index (χ2v) is 7.09. The third-order valence-corrected chi connectivity index (χ3v) is 5.96. The maximum Gasteiger partial charge on any atom is 0.0349 e. The number of hydrogen-bond donors (Lipinski definition) is 0. The van der Waals surface area contributed by atoms with Gasteiger partial charge in [-0.25, -0.2) is 0 Å². The minimum Gasteiger partial charge on any atom is -0.140 e. The van der Waals surface area contributed by atoms with E-state index in [1.165, 1.54) is 40.5 Å². The smallest absolute Gasteiger partial charge is 0.0349 e. The molecule has 21 heavy (non-hydrogen) atoms. The molecular weight excluding hydrogens is 272 g/mol. The Balaban J connectivity index is 2.09. The van der Waals surface area contributed by atoms with Gasteiger partial charge >= 0.3 is 0 Å². The fourth-order valence-corrected chi connectivity index (χ4v) is 4.64. The second kappa shape index (κ2) is 6.19. The van der Waals surface area contributed by atoms with Crippen molar-refractivity contribution >= 4 is 27.0 Å². The van der Waals surface area contributed by atoms with Gasteiger partial charge in [-0.3, -0.25) is 0 Å².